The number of carbonyl (C=O) groups is 5. The Kier molecular flexibility index (Phi) is 12.4. The molecule has 9 rings (SSSR count). The lowest BCUT2D eigenvalue weighted by atomic mass is 9.92. The number of piperazine rings is 2. The van der Waals surface area contributed by atoms with Crippen molar-refractivity contribution in [1.29, 1.82) is 0 Å². The second-order valence-corrected chi connectivity index (χ2v) is 18.3. The number of hydrogen-bond acceptors (Lipinski definition) is 13. The van der Waals surface area contributed by atoms with Crippen molar-refractivity contribution < 1.29 is 28.7 Å². The minimum absolute atomic E-state index is 0.0732. The van der Waals surface area contributed by atoms with Crippen molar-refractivity contribution in [2.75, 3.05) is 75.3 Å². The van der Waals surface area contributed by atoms with Gasteiger partial charge in [-0.25, -0.2) is 0 Å². The summed E-state index contributed by atoms with van der Waals surface area (Å²) in [5.41, 5.74) is 25.0. The smallest absolute Gasteiger partial charge is 0.264 e. The predicted octanol–water partition coefficient (Wildman–Crippen LogP) is 2.97. The number of benzene rings is 3. The van der Waals surface area contributed by atoms with Gasteiger partial charge in [-0.15, -0.1) is 0 Å². The molecule has 6 aliphatic rings. The van der Waals surface area contributed by atoms with Crippen molar-refractivity contribution in [3.63, 3.8) is 0 Å². The van der Waals surface area contributed by atoms with E-state index in [1.165, 1.54) is 0 Å². The predicted molar refractivity (Wildman–Crippen MR) is 247 cm³/mol. The van der Waals surface area contributed by atoms with Gasteiger partial charge in [-0.3, -0.25) is 39.1 Å². The van der Waals surface area contributed by atoms with E-state index < -0.39 is 29.7 Å². The van der Waals surface area contributed by atoms with Gasteiger partial charge in [0.05, 0.1) is 22.5 Å². The molecule has 5 amide bonds. The molecule has 16 nitrogen and oxygen atoms in total. The van der Waals surface area contributed by atoms with E-state index in [-0.39, 0.29) is 36.1 Å². The topological polar surface area (TPSA) is 204 Å². The van der Waals surface area contributed by atoms with E-state index in [4.69, 9.17) is 21.9 Å². The number of aryl methyl sites for hydroxylation is 1. The lowest BCUT2D eigenvalue weighted by Crippen LogP contribution is -2.54. The number of fused-ring (bicyclic) bond motifs is 3. The molecule has 6 heterocycles. The maximum atomic E-state index is 13.7. The van der Waals surface area contributed by atoms with Crippen molar-refractivity contribution in [3.8, 4) is 5.75 Å². The number of piperidine rings is 2. The molecule has 3 aromatic rings. The maximum Gasteiger partial charge on any atom is 0.264 e. The summed E-state index contributed by atoms with van der Waals surface area (Å²) in [7, 11) is 0. The minimum atomic E-state index is -1.01. The van der Waals surface area contributed by atoms with E-state index in [1.807, 2.05) is 54.3 Å². The number of carbonyl (C=O) groups excluding carboxylic acids is 5. The van der Waals surface area contributed by atoms with Gasteiger partial charge in [0.25, 0.3) is 11.8 Å². The Morgan fingerprint density at radius 2 is 1.52 bits per heavy atom. The molecule has 2 bridgehead atoms. The molecule has 5 saturated heterocycles. The lowest BCUT2D eigenvalue weighted by molar-refractivity contribution is -0.136. The molecule has 0 aromatic heterocycles. The van der Waals surface area contributed by atoms with Crippen LogP contribution in [0, 0.1) is 12.8 Å². The van der Waals surface area contributed by atoms with Crippen molar-refractivity contribution >= 4 is 46.6 Å². The van der Waals surface area contributed by atoms with Gasteiger partial charge in [-0.2, -0.15) is 0 Å². The Bertz CT molecular complexity index is 2400. The Balaban J connectivity index is 0.715. The Morgan fingerprint density at radius 1 is 0.800 bits per heavy atom. The summed E-state index contributed by atoms with van der Waals surface area (Å²) in [4.78, 5) is 77.0. The van der Waals surface area contributed by atoms with Gasteiger partial charge in [-0.1, -0.05) is 36.4 Å². The summed E-state index contributed by atoms with van der Waals surface area (Å²) in [5, 5.41) is 2.25. The molecule has 0 aliphatic carbocycles. The summed E-state index contributed by atoms with van der Waals surface area (Å²) >= 11 is 0. The van der Waals surface area contributed by atoms with E-state index in [2.05, 4.69) is 43.1 Å². The highest BCUT2D eigenvalue weighted by molar-refractivity contribution is 6.25. The maximum absolute atomic E-state index is 13.7. The van der Waals surface area contributed by atoms with E-state index in [1.54, 1.807) is 12.1 Å². The first-order chi connectivity index (χ1) is 31.4. The fourth-order valence-electron chi connectivity index (χ4n) is 10.8. The molecule has 0 radical (unpaired) electrons. The first kappa shape index (κ1) is 43.7. The summed E-state index contributed by atoms with van der Waals surface area (Å²) in [6.45, 7) is 9.18. The minimum Gasteiger partial charge on any atom is -0.492 e. The van der Waals surface area contributed by atoms with Crippen LogP contribution in [-0.4, -0.2) is 133 Å². The van der Waals surface area contributed by atoms with E-state index in [0.29, 0.717) is 68.2 Å². The summed E-state index contributed by atoms with van der Waals surface area (Å²) in [6.07, 6.45) is 6.32. The van der Waals surface area contributed by atoms with Crippen molar-refractivity contribution in [3.05, 3.63) is 107 Å². The number of likely N-dealkylation sites (tertiary alicyclic amines) is 1. The number of rotatable bonds is 12. The van der Waals surface area contributed by atoms with Gasteiger partial charge < -0.3 is 41.5 Å². The zero-order valence-electron chi connectivity index (χ0n) is 37.1. The molecular formula is C49H60N10O6. The van der Waals surface area contributed by atoms with Crippen LogP contribution in [-0.2, 0) is 14.4 Å². The largest absolute Gasteiger partial charge is 0.492 e. The number of anilines is 2. The van der Waals surface area contributed by atoms with Crippen LogP contribution < -0.4 is 37.1 Å². The molecule has 6 aliphatic heterocycles. The molecule has 7 N–H and O–H groups in total. The standard InChI is InChI=1S/C49H60N10O6/c1-31-6-2-3-9-37(31)39(50)28-42(46(51)52)57-29-34-12-13-35(30-57)58(34)33-7-4-8-36(27-33)65-25-24-54-20-22-56(23-21-54)44(61)26-32-16-18-55(19-17-32)40-11-5-10-38-45(40)49(64)59(48(38)63)41-14-15-43(60)53-47(41)62/h2-11,27-28,32,34-35,41H,12-26,29-30,50-52H2,1H3,(H,53,60,62)/b39-28-. The molecule has 16 heteroatoms. The highest BCUT2D eigenvalue weighted by atomic mass is 16.5. The van der Waals surface area contributed by atoms with E-state index >= 15 is 0 Å². The molecule has 0 saturated carbocycles. The molecule has 3 aromatic carbocycles. The Hall–Kier alpha value is -6.55. The molecule has 5 fully saturated rings. The fraction of sp³-hybridized carbons (Fsp3) is 0.449. The van der Waals surface area contributed by atoms with Crippen LogP contribution in [0.2, 0.25) is 0 Å². The molecule has 342 valence electrons. The van der Waals surface area contributed by atoms with Gasteiger partial charge >= 0.3 is 0 Å². The van der Waals surface area contributed by atoms with E-state index in [0.717, 1.165) is 91.6 Å². The second kappa shape index (κ2) is 18.5. The molecule has 3 unspecified atom stereocenters. The zero-order valence-corrected chi connectivity index (χ0v) is 37.1. The molecule has 0 spiro atoms. The lowest BCUT2D eigenvalue weighted by Gasteiger charge is -2.44. The summed E-state index contributed by atoms with van der Waals surface area (Å²) in [5.74, 6) is -0.531. The monoisotopic (exact) mass is 884 g/mol. The Labute approximate surface area is 379 Å². The number of hydrogen-bond donors (Lipinski definition) is 4. The Morgan fingerprint density at radius 3 is 2.23 bits per heavy atom. The first-order valence-electron chi connectivity index (χ1n) is 23.1. The van der Waals surface area contributed by atoms with Crippen molar-refractivity contribution in [2.24, 2.45) is 23.1 Å². The third-order valence-electron chi connectivity index (χ3n) is 14.2. The molecule has 65 heavy (non-hydrogen) atoms. The zero-order chi connectivity index (χ0) is 45.4. The fourth-order valence-corrected chi connectivity index (χ4v) is 10.8. The average Bonchev–Trinajstić information content (AvgIpc) is 3.72. The summed E-state index contributed by atoms with van der Waals surface area (Å²) in [6, 6.07) is 21.3. The van der Waals surface area contributed by atoms with Crippen molar-refractivity contribution in [2.45, 2.75) is 70.0 Å². The quantitative estimate of drug-likeness (QED) is 0.153. The highest BCUT2D eigenvalue weighted by Gasteiger charge is 2.46. The number of ether oxygens (including phenoxy) is 1. The van der Waals surface area contributed by atoms with Crippen LogP contribution in [0.3, 0.4) is 0 Å². The van der Waals surface area contributed by atoms with Crippen LogP contribution >= 0.6 is 0 Å². The average molecular weight is 885 g/mol. The first-order valence-corrected chi connectivity index (χ1v) is 23.1. The van der Waals surface area contributed by atoms with Crippen LogP contribution in [0.25, 0.3) is 5.70 Å². The number of amides is 5. The van der Waals surface area contributed by atoms with E-state index in [9.17, 15) is 24.0 Å². The SMILES string of the molecule is Cc1ccccc1/C(N)=C/C(=C(N)N)N1CC2CCC(C1)N2c1cccc(OCCN2CCN(C(=O)CC3CCN(c4cccc5c4C(=O)N(C4CCC(=O)NC4=O)C5=O)CC3)CC2)c1. The number of nitrogens with one attached hydrogen (secondary N) is 1. The number of nitrogens with zero attached hydrogens (tertiary/aromatic N) is 6. The van der Waals surface area contributed by atoms with Gasteiger partial charge in [0.15, 0.2) is 0 Å². The van der Waals surface area contributed by atoms with Crippen LogP contribution in [0.1, 0.15) is 76.8 Å². The van der Waals surface area contributed by atoms with Crippen LogP contribution in [0.4, 0.5) is 11.4 Å². The number of nitrogens with two attached hydrogens (primary N) is 3. The molecule has 3 atom stereocenters. The van der Waals surface area contributed by atoms with Gasteiger partial charge in [-0.05, 0) is 80.9 Å². The second-order valence-electron chi connectivity index (χ2n) is 18.3. The number of allylic oxidation sites excluding steroid dienone is 1. The van der Waals surface area contributed by atoms with Crippen LogP contribution in [0.5, 0.6) is 5.75 Å². The summed E-state index contributed by atoms with van der Waals surface area (Å²) < 4.78 is 6.32. The van der Waals surface area contributed by atoms with Crippen molar-refractivity contribution in [1.82, 2.24) is 24.9 Å². The normalized spacial score (nSPS) is 22.9. The third kappa shape index (κ3) is 8.95. The number of imide groups is 2. The van der Waals surface area contributed by atoms with Crippen LogP contribution in [0.15, 0.2) is 84.3 Å². The third-order valence-corrected chi connectivity index (χ3v) is 14.2. The molecular weight excluding hydrogens is 825 g/mol. The van der Waals surface area contributed by atoms with Gasteiger partial charge in [0, 0.05) is 107 Å². The van der Waals surface area contributed by atoms with Gasteiger partial charge in [0.1, 0.15) is 24.2 Å². The van der Waals surface area contributed by atoms with Gasteiger partial charge in [0.2, 0.25) is 17.7 Å². The highest BCUT2D eigenvalue weighted by Crippen LogP contribution is 2.39.